The summed E-state index contributed by atoms with van der Waals surface area (Å²) in [7, 11) is 1.98. The fraction of sp³-hybridized carbons (Fsp3) is 0.818. The first kappa shape index (κ1) is 10.6. The molecule has 0 bridgehead atoms. The highest BCUT2D eigenvalue weighted by atomic mass is 15.4. The average molecular weight is 208 g/mol. The van der Waals surface area contributed by atoms with Crippen LogP contribution in [0.15, 0.2) is 0 Å². The lowest BCUT2D eigenvalue weighted by atomic mass is 9.95. The third kappa shape index (κ3) is 2.20. The van der Waals surface area contributed by atoms with Gasteiger partial charge in [0, 0.05) is 19.5 Å². The van der Waals surface area contributed by atoms with E-state index in [0.29, 0.717) is 12.5 Å². The third-order valence-electron chi connectivity index (χ3n) is 3.38. The zero-order valence-corrected chi connectivity index (χ0v) is 9.45. The minimum absolute atomic E-state index is 0.514. The van der Waals surface area contributed by atoms with Crippen molar-refractivity contribution in [3.05, 3.63) is 11.4 Å². The second kappa shape index (κ2) is 4.75. The van der Waals surface area contributed by atoms with Crippen LogP contribution in [0.1, 0.15) is 55.8 Å². The number of aromatic nitrogens is 3. The Labute approximate surface area is 90.8 Å². The van der Waals surface area contributed by atoms with E-state index in [1.165, 1.54) is 44.2 Å². The van der Waals surface area contributed by atoms with Crippen molar-refractivity contribution >= 4 is 0 Å². The number of aryl methyl sites for hydroxylation is 1. The van der Waals surface area contributed by atoms with Gasteiger partial charge in [0.25, 0.3) is 0 Å². The number of rotatable bonds is 2. The van der Waals surface area contributed by atoms with Crippen LogP contribution in [0.25, 0.3) is 0 Å². The van der Waals surface area contributed by atoms with E-state index >= 15 is 0 Å². The van der Waals surface area contributed by atoms with Crippen molar-refractivity contribution < 1.29 is 0 Å². The predicted molar refractivity (Wildman–Crippen MR) is 59.3 cm³/mol. The highest BCUT2D eigenvalue weighted by Crippen LogP contribution is 2.32. The lowest BCUT2D eigenvalue weighted by Gasteiger charge is -2.14. The number of nitrogens with zero attached hydrogens (tertiary/aromatic N) is 3. The molecule has 0 aromatic carbocycles. The lowest BCUT2D eigenvalue weighted by Crippen LogP contribution is -2.10. The second-order valence-corrected chi connectivity index (χ2v) is 4.44. The monoisotopic (exact) mass is 208 g/mol. The minimum Gasteiger partial charge on any atom is -0.325 e. The molecule has 15 heavy (non-hydrogen) atoms. The number of hydrogen-bond donors (Lipinski definition) is 1. The van der Waals surface area contributed by atoms with Gasteiger partial charge in [-0.15, -0.1) is 5.10 Å². The molecule has 1 aromatic rings. The van der Waals surface area contributed by atoms with E-state index in [2.05, 4.69) is 10.3 Å². The largest absolute Gasteiger partial charge is 0.325 e. The maximum atomic E-state index is 5.69. The smallest absolute Gasteiger partial charge is 0.0997 e. The molecule has 2 N–H and O–H groups in total. The van der Waals surface area contributed by atoms with Crippen LogP contribution in [0.2, 0.25) is 0 Å². The number of hydrogen-bond acceptors (Lipinski definition) is 3. The summed E-state index contributed by atoms with van der Waals surface area (Å²) < 4.78 is 1.91. The Morgan fingerprint density at radius 1 is 1.27 bits per heavy atom. The Hall–Kier alpha value is -0.900. The minimum atomic E-state index is 0.514. The van der Waals surface area contributed by atoms with Crippen molar-refractivity contribution in [1.82, 2.24) is 15.0 Å². The Balaban J connectivity index is 2.21. The quantitative estimate of drug-likeness (QED) is 0.753. The maximum Gasteiger partial charge on any atom is 0.0997 e. The van der Waals surface area contributed by atoms with Crippen LogP contribution in [-0.4, -0.2) is 15.0 Å². The Bertz CT molecular complexity index is 310. The molecular formula is C11H20N4. The van der Waals surface area contributed by atoms with E-state index in [4.69, 9.17) is 5.73 Å². The maximum absolute atomic E-state index is 5.69. The predicted octanol–water partition coefficient (Wildman–Crippen LogP) is 1.71. The van der Waals surface area contributed by atoms with Gasteiger partial charge in [0.2, 0.25) is 0 Å². The first-order valence-corrected chi connectivity index (χ1v) is 5.91. The molecule has 0 spiro atoms. The zero-order valence-electron chi connectivity index (χ0n) is 9.45. The molecule has 2 rings (SSSR count). The summed E-state index contributed by atoms with van der Waals surface area (Å²) in [6, 6.07) is 0. The van der Waals surface area contributed by atoms with Gasteiger partial charge in [-0.05, 0) is 12.8 Å². The molecule has 4 heteroatoms. The first-order valence-electron chi connectivity index (χ1n) is 5.91. The molecule has 1 heterocycles. The molecule has 4 nitrogen and oxygen atoms in total. The third-order valence-corrected chi connectivity index (χ3v) is 3.38. The van der Waals surface area contributed by atoms with E-state index in [9.17, 15) is 0 Å². The van der Waals surface area contributed by atoms with Crippen molar-refractivity contribution in [1.29, 1.82) is 0 Å². The Kier molecular flexibility index (Phi) is 3.36. The van der Waals surface area contributed by atoms with E-state index in [1.807, 2.05) is 11.7 Å². The molecule has 1 aliphatic carbocycles. The average Bonchev–Trinajstić information content (AvgIpc) is 2.48. The molecule has 0 atom stereocenters. The van der Waals surface area contributed by atoms with Gasteiger partial charge in [0.05, 0.1) is 11.4 Å². The Morgan fingerprint density at radius 3 is 2.53 bits per heavy atom. The molecular weight excluding hydrogens is 188 g/mol. The summed E-state index contributed by atoms with van der Waals surface area (Å²) in [5, 5.41) is 8.21. The van der Waals surface area contributed by atoms with E-state index in [0.717, 1.165) is 5.69 Å². The van der Waals surface area contributed by atoms with Crippen LogP contribution in [0.4, 0.5) is 0 Å². The first-order chi connectivity index (χ1) is 7.33. The summed E-state index contributed by atoms with van der Waals surface area (Å²) in [6.45, 7) is 0.514. The summed E-state index contributed by atoms with van der Waals surface area (Å²) in [5.41, 5.74) is 7.96. The van der Waals surface area contributed by atoms with Crippen LogP contribution in [0, 0.1) is 0 Å². The standard InChI is InChI=1S/C11H20N4/c1-15-11(10(8-12)13-14-15)9-6-4-2-3-5-7-9/h9H,2-8,12H2,1H3. The van der Waals surface area contributed by atoms with Crippen LogP contribution >= 0.6 is 0 Å². The van der Waals surface area contributed by atoms with Gasteiger partial charge >= 0.3 is 0 Å². The summed E-state index contributed by atoms with van der Waals surface area (Å²) in [6.07, 6.45) is 7.96. The van der Waals surface area contributed by atoms with Crippen LogP contribution < -0.4 is 5.73 Å². The normalized spacial score (nSPS) is 19.1. The van der Waals surface area contributed by atoms with Crippen LogP contribution in [0.3, 0.4) is 0 Å². The zero-order chi connectivity index (χ0) is 10.7. The molecule has 0 radical (unpaired) electrons. The summed E-state index contributed by atoms with van der Waals surface area (Å²) >= 11 is 0. The second-order valence-electron chi connectivity index (χ2n) is 4.44. The van der Waals surface area contributed by atoms with Gasteiger partial charge in [-0.3, -0.25) is 4.68 Å². The van der Waals surface area contributed by atoms with Gasteiger partial charge in [-0.1, -0.05) is 30.9 Å². The fourth-order valence-corrected chi connectivity index (χ4v) is 2.61. The molecule has 1 fully saturated rings. The van der Waals surface area contributed by atoms with Gasteiger partial charge in [0.1, 0.15) is 0 Å². The van der Waals surface area contributed by atoms with E-state index < -0.39 is 0 Å². The number of nitrogens with two attached hydrogens (primary N) is 1. The highest BCUT2D eigenvalue weighted by molar-refractivity contribution is 5.15. The van der Waals surface area contributed by atoms with Gasteiger partial charge < -0.3 is 5.73 Å². The molecule has 0 aliphatic heterocycles. The topological polar surface area (TPSA) is 56.7 Å². The molecule has 1 saturated carbocycles. The molecule has 0 unspecified atom stereocenters. The van der Waals surface area contributed by atoms with Crippen molar-refractivity contribution in [2.24, 2.45) is 12.8 Å². The highest BCUT2D eigenvalue weighted by Gasteiger charge is 2.21. The van der Waals surface area contributed by atoms with Crippen LogP contribution in [-0.2, 0) is 13.6 Å². The van der Waals surface area contributed by atoms with Crippen molar-refractivity contribution in [2.45, 2.75) is 51.0 Å². The van der Waals surface area contributed by atoms with Crippen LogP contribution in [0.5, 0.6) is 0 Å². The lowest BCUT2D eigenvalue weighted by molar-refractivity contribution is 0.535. The summed E-state index contributed by atoms with van der Waals surface area (Å²) in [5.74, 6) is 0.631. The van der Waals surface area contributed by atoms with Crippen molar-refractivity contribution in [2.75, 3.05) is 0 Å². The van der Waals surface area contributed by atoms with Gasteiger partial charge in [-0.2, -0.15) is 0 Å². The summed E-state index contributed by atoms with van der Waals surface area (Å²) in [4.78, 5) is 0. The SMILES string of the molecule is Cn1nnc(CN)c1C1CCCCCC1. The molecule has 1 aliphatic rings. The fourth-order valence-electron chi connectivity index (χ4n) is 2.61. The molecule has 1 aromatic heterocycles. The molecule has 84 valence electrons. The van der Waals surface area contributed by atoms with E-state index in [1.54, 1.807) is 0 Å². The van der Waals surface area contributed by atoms with E-state index in [-0.39, 0.29) is 0 Å². The molecule has 0 amide bonds. The van der Waals surface area contributed by atoms with Crippen molar-refractivity contribution in [3.8, 4) is 0 Å². The van der Waals surface area contributed by atoms with Gasteiger partial charge in [0.15, 0.2) is 0 Å². The van der Waals surface area contributed by atoms with Gasteiger partial charge in [-0.25, -0.2) is 0 Å². The van der Waals surface area contributed by atoms with Crippen molar-refractivity contribution in [3.63, 3.8) is 0 Å². The Morgan fingerprint density at radius 2 is 1.93 bits per heavy atom. The molecule has 0 saturated heterocycles.